The van der Waals surface area contributed by atoms with Gasteiger partial charge in [-0.05, 0) is 23.8 Å². The molecule has 0 radical (unpaired) electrons. The molecular weight excluding hydrogens is 294 g/mol. The van der Waals surface area contributed by atoms with Crippen molar-refractivity contribution >= 4 is 17.5 Å². The van der Waals surface area contributed by atoms with Gasteiger partial charge in [0.15, 0.2) is 0 Å². The van der Waals surface area contributed by atoms with Gasteiger partial charge in [-0.25, -0.2) is 9.78 Å². The molecule has 7 heteroatoms. The molecule has 2 aromatic heterocycles. The van der Waals surface area contributed by atoms with E-state index in [-0.39, 0.29) is 6.03 Å². The van der Waals surface area contributed by atoms with E-state index in [2.05, 4.69) is 25.5 Å². The van der Waals surface area contributed by atoms with Gasteiger partial charge in [-0.2, -0.15) is 0 Å². The van der Waals surface area contributed by atoms with Crippen molar-refractivity contribution in [3.63, 3.8) is 0 Å². The lowest BCUT2D eigenvalue weighted by atomic mass is 10.2. The van der Waals surface area contributed by atoms with Crippen LogP contribution in [0.25, 0.3) is 0 Å². The summed E-state index contributed by atoms with van der Waals surface area (Å²) in [6, 6.07) is 7.23. The van der Waals surface area contributed by atoms with Crippen molar-refractivity contribution in [2.75, 3.05) is 36.5 Å². The van der Waals surface area contributed by atoms with Gasteiger partial charge < -0.3 is 20.3 Å². The summed E-state index contributed by atoms with van der Waals surface area (Å²) in [7, 11) is 0. The highest BCUT2D eigenvalue weighted by Gasteiger charge is 2.12. The van der Waals surface area contributed by atoms with Crippen LogP contribution in [0, 0.1) is 0 Å². The summed E-state index contributed by atoms with van der Waals surface area (Å²) in [6.45, 7) is 3.61. The molecule has 0 aromatic carbocycles. The minimum absolute atomic E-state index is 0.268. The Morgan fingerprint density at radius 3 is 2.78 bits per heavy atom. The van der Waals surface area contributed by atoms with Gasteiger partial charge in [-0.15, -0.1) is 0 Å². The molecule has 0 saturated carbocycles. The van der Waals surface area contributed by atoms with Crippen molar-refractivity contribution < 1.29 is 9.53 Å². The maximum absolute atomic E-state index is 11.8. The van der Waals surface area contributed by atoms with Crippen LogP contribution in [0.15, 0.2) is 42.9 Å². The van der Waals surface area contributed by atoms with Crippen molar-refractivity contribution in [2.45, 2.75) is 6.54 Å². The number of anilines is 2. The van der Waals surface area contributed by atoms with Gasteiger partial charge >= 0.3 is 6.03 Å². The average molecular weight is 313 g/mol. The van der Waals surface area contributed by atoms with Gasteiger partial charge in [0, 0.05) is 32.0 Å². The Balaban J connectivity index is 1.49. The van der Waals surface area contributed by atoms with E-state index >= 15 is 0 Å². The van der Waals surface area contributed by atoms with Crippen LogP contribution in [0.2, 0.25) is 0 Å². The number of rotatable bonds is 4. The first-order valence-electron chi connectivity index (χ1n) is 7.54. The van der Waals surface area contributed by atoms with Crippen LogP contribution in [-0.2, 0) is 11.3 Å². The number of amides is 2. The molecule has 0 aliphatic carbocycles. The van der Waals surface area contributed by atoms with E-state index in [1.165, 1.54) is 0 Å². The topological polar surface area (TPSA) is 79.4 Å². The number of pyridine rings is 2. The maximum Gasteiger partial charge on any atom is 0.319 e. The predicted molar refractivity (Wildman–Crippen MR) is 87.4 cm³/mol. The Morgan fingerprint density at radius 1 is 1.22 bits per heavy atom. The normalized spacial score (nSPS) is 14.3. The minimum atomic E-state index is -0.268. The first kappa shape index (κ1) is 15.2. The van der Waals surface area contributed by atoms with Gasteiger partial charge in [-0.1, -0.05) is 6.07 Å². The molecule has 0 bridgehead atoms. The molecule has 2 N–H and O–H groups in total. The van der Waals surface area contributed by atoms with Crippen LogP contribution in [0.4, 0.5) is 16.3 Å². The van der Waals surface area contributed by atoms with Crippen molar-refractivity contribution in [3.8, 4) is 0 Å². The lowest BCUT2D eigenvalue weighted by Gasteiger charge is -2.27. The van der Waals surface area contributed by atoms with E-state index in [0.717, 1.165) is 37.7 Å². The summed E-state index contributed by atoms with van der Waals surface area (Å²) < 4.78 is 5.33. The van der Waals surface area contributed by atoms with Crippen molar-refractivity contribution in [1.82, 2.24) is 15.3 Å². The van der Waals surface area contributed by atoms with Crippen LogP contribution in [0.1, 0.15) is 5.56 Å². The fourth-order valence-electron chi connectivity index (χ4n) is 2.30. The summed E-state index contributed by atoms with van der Waals surface area (Å²) in [6.07, 6.45) is 5.04. The third-order valence-electron chi connectivity index (χ3n) is 3.52. The number of ether oxygens (including phenoxy) is 1. The molecule has 0 atom stereocenters. The van der Waals surface area contributed by atoms with Crippen LogP contribution in [0.5, 0.6) is 0 Å². The van der Waals surface area contributed by atoms with E-state index in [4.69, 9.17) is 4.74 Å². The minimum Gasteiger partial charge on any atom is -0.378 e. The highest BCUT2D eigenvalue weighted by Crippen LogP contribution is 2.13. The number of aromatic nitrogens is 2. The first-order chi connectivity index (χ1) is 11.3. The summed E-state index contributed by atoms with van der Waals surface area (Å²) in [4.78, 5) is 22.4. The number of nitrogens with zero attached hydrogens (tertiary/aromatic N) is 3. The standard InChI is InChI=1S/C16H19N5O2/c22-16(20-14-2-1-5-17-12-14)19-11-13-3-4-15(18-10-13)21-6-8-23-9-7-21/h1-5,10,12H,6-9,11H2,(H2,19,20,22). The van der Waals surface area contributed by atoms with Gasteiger partial charge in [0.2, 0.25) is 0 Å². The maximum atomic E-state index is 11.8. The lowest BCUT2D eigenvalue weighted by molar-refractivity contribution is 0.122. The smallest absolute Gasteiger partial charge is 0.319 e. The number of morpholine rings is 1. The number of carbonyl (C=O) groups excluding carboxylic acids is 1. The quantitative estimate of drug-likeness (QED) is 0.897. The SMILES string of the molecule is O=C(NCc1ccc(N2CCOCC2)nc1)Nc1cccnc1. The number of urea groups is 1. The Morgan fingerprint density at radius 2 is 2.09 bits per heavy atom. The molecule has 1 aliphatic rings. The van der Waals surface area contributed by atoms with E-state index in [0.29, 0.717) is 12.2 Å². The molecule has 1 fully saturated rings. The van der Waals surface area contributed by atoms with Gasteiger partial charge in [0.05, 0.1) is 25.1 Å². The van der Waals surface area contributed by atoms with Crippen LogP contribution < -0.4 is 15.5 Å². The van der Waals surface area contributed by atoms with E-state index in [1.54, 1.807) is 30.7 Å². The second-order valence-electron chi connectivity index (χ2n) is 5.17. The molecule has 0 unspecified atom stereocenters. The molecule has 3 rings (SSSR count). The molecule has 2 amide bonds. The highest BCUT2D eigenvalue weighted by atomic mass is 16.5. The van der Waals surface area contributed by atoms with Crippen LogP contribution >= 0.6 is 0 Å². The van der Waals surface area contributed by atoms with Crippen molar-refractivity contribution in [1.29, 1.82) is 0 Å². The summed E-state index contributed by atoms with van der Waals surface area (Å²) in [5.74, 6) is 0.942. The Bertz CT molecular complexity index is 627. The molecule has 1 aliphatic heterocycles. The van der Waals surface area contributed by atoms with E-state index in [9.17, 15) is 4.79 Å². The summed E-state index contributed by atoms with van der Waals surface area (Å²) >= 11 is 0. The highest BCUT2D eigenvalue weighted by molar-refractivity contribution is 5.88. The Labute approximate surface area is 134 Å². The predicted octanol–water partition coefficient (Wildman–Crippen LogP) is 1.63. The van der Waals surface area contributed by atoms with E-state index < -0.39 is 0 Å². The number of hydrogen-bond donors (Lipinski definition) is 2. The average Bonchev–Trinajstić information content (AvgIpc) is 2.62. The fraction of sp³-hybridized carbons (Fsp3) is 0.312. The monoisotopic (exact) mass is 313 g/mol. The number of nitrogens with one attached hydrogen (secondary N) is 2. The molecule has 0 spiro atoms. The zero-order valence-corrected chi connectivity index (χ0v) is 12.7. The second kappa shape index (κ2) is 7.55. The molecule has 120 valence electrons. The molecule has 1 saturated heterocycles. The van der Waals surface area contributed by atoms with Crippen molar-refractivity contribution in [3.05, 3.63) is 48.4 Å². The second-order valence-corrected chi connectivity index (χ2v) is 5.17. The first-order valence-corrected chi connectivity index (χ1v) is 7.54. The Hall–Kier alpha value is -2.67. The molecule has 3 heterocycles. The third kappa shape index (κ3) is 4.40. The lowest BCUT2D eigenvalue weighted by Crippen LogP contribution is -2.36. The van der Waals surface area contributed by atoms with Gasteiger partial charge in [-0.3, -0.25) is 4.98 Å². The number of hydrogen-bond acceptors (Lipinski definition) is 5. The van der Waals surface area contributed by atoms with Gasteiger partial charge in [0.1, 0.15) is 5.82 Å². The largest absolute Gasteiger partial charge is 0.378 e. The molecular formula is C16H19N5O2. The van der Waals surface area contributed by atoms with Crippen LogP contribution in [0.3, 0.4) is 0 Å². The van der Waals surface area contributed by atoms with Crippen LogP contribution in [-0.4, -0.2) is 42.3 Å². The zero-order valence-electron chi connectivity index (χ0n) is 12.7. The fourth-order valence-corrected chi connectivity index (χ4v) is 2.30. The Kier molecular flexibility index (Phi) is 5.00. The number of carbonyl (C=O) groups is 1. The van der Waals surface area contributed by atoms with Crippen molar-refractivity contribution in [2.24, 2.45) is 0 Å². The molecule has 7 nitrogen and oxygen atoms in total. The van der Waals surface area contributed by atoms with Gasteiger partial charge in [0.25, 0.3) is 0 Å². The molecule has 23 heavy (non-hydrogen) atoms. The summed E-state index contributed by atoms with van der Waals surface area (Å²) in [5, 5.41) is 5.52. The van der Waals surface area contributed by atoms with E-state index in [1.807, 2.05) is 12.1 Å². The summed E-state index contributed by atoms with van der Waals surface area (Å²) in [5.41, 5.74) is 1.61. The molecule has 2 aromatic rings. The third-order valence-corrected chi connectivity index (χ3v) is 3.52. The zero-order chi connectivity index (χ0) is 15.9.